The van der Waals surface area contributed by atoms with Crippen LogP contribution in [0.25, 0.3) is 0 Å². The molecule has 2 fully saturated rings. The molecule has 4 heterocycles. The molecular formula is C30H37N9O3. The highest BCUT2D eigenvalue weighted by molar-refractivity contribution is 6.13. The number of nitrogens with one attached hydrogen (secondary N) is 1. The van der Waals surface area contributed by atoms with Crippen molar-refractivity contribution >= 4 is 40.6 Å². The van der Waals surface area contributed by atoms with Crippen LogP contribution in [-0.4, -0.2) is 122 Å². The minimum Gasteiger partial charge on any atom is -0.495 e. The van der Waals surface area contributed by atoms with Gasteiger partial charge in [-0.3, -0.25) is 9.59 Å². The Bertz CT molecular complexity index is 1480. The lowest BCUT2D eigenvalue weighted by Gasteiger charge is -2.44. The number of carbonyl (C=O) groups is 2. The molecule has 2 aromatic carbocycles. The molecule has 0 unspecified atom stereocenters. The number of hydrogen-bond acceptors (Lipinski definition) is 10. The van der Waals surface area contributed by atoms with Gasteiger partial charge in [0.15, 0.2) is 5.82 Å². The molecule has 0 aliphatic carbocycles. The molecule has 12 heteroatoms. The van der Waals surface area contributed by atoms with Crippen molar-refractivity contribution in [2.24, 2.45) is 0 Å². The first kappa shape index (κ1) is 27.9. The van der Waals surface area contributed by atoms with Crippen LogP contribution in [-0.2, 0) is 0 Å². The molecule has 220 valence electrons. The van der Waals surface area contributed by atoms with Crippen molar-refractivity contribution in [2.75, 3.05) is 95.7 Å². The lowest BCUT2D eigenvalue weighted by Crippen LogP contribution is -2.59. The minimum absolute atomic E-state index is 0.00727. The lowest BCUT2D eigenvalue weighted by atomic mass is 10.1. The van der Waals surface area contributed by atoms with E-state index in [0.29, 0.717) is 53.1 Å². The fourth-order valence-electron chi connectivity index (χ4n) is 5.75. The zero-order chi connectivity index (χ0) is 29.4. The van der Waals surface area contributed by atoms with Gasteiger partial charge < -0.3 is 29.7 Å². The van der Waals surface area contributed by atoms with Gasteiger partial charge in [0.05, 0.1) is 30.2 Å². The van der Waals surface area contributed by atoms with Crippen molar-refractivity contribution in [2.45, 2.75) is 0 Å². The molecule has 0 spiro atoms. The molecule has 12 nitrogen and oxygen atoms in total. The maximum absolute atomic E-state index is 13.4. The number of para-hydroxylation sites is 1. The van der Waals surface area contributed by atoms with Crippen LogP contribution in [0.15, 0.2) is 48.7 Å². The number of nitrogens with zero attached hydrogens (tertiary/aromatic N) is 8. The molecule has 0 bridgehead atoms. The van der Waals surface area contributed by atoms with Crippen LogP contribution in [0.3, 0.4) is 0 Å². The molecule has 3 aliphatic rings. The van der Waals surface area contributed by atoms with E-state index in [1.54, 1.807) is 37.4 Å². The van der Waals surface area contributed by atoms with E-state index in [9.17, 15) is 9.59 Å². The molecule has 1 aromatic heterocycles. The van der Waals surface area contributed by atoms with Gasteiger partial charge in [0.2, 0.25) is 5.95 Å². The number of aromatic nitrogens is 2. The zero-order valence-corrected chi connectivity index (χ0v) is 24.6. The fraction of sp³-hybridized carbons (Fsp3) is 0.400. The highest BCUT2D eigenvalue weighted by Crippen LogP contribution is 2.38. The number of anilines is 5. The number of hydrazine groups is 1. The number of fused-ring (bicyclic) bond motifs is 2. The van der Waals surface area contributed by atoms with Crippen LogP contribution in [0.5, 0.6) is 5.75 Å². The first-order valence-corrected chi connectivity index (χ1v) is 14.2. The highest BCUT2D eigenvalue weighted by Gasteiger charge is 2.30. The molecule has 3 aromatic rings. The number of amides is 2. The van der Waals surface area contributed by atoms with Gasteiger partial charge >= 0.3 is 0 Å². The van der Waals surface area contributed by atoms with E-state index < -0.39 is 0 Å². The fourth-order valence-corrected chi connectivity index (χ4v) is 5.75. The number of rotatable bonds is 5. The Kier molecular flexibility index (Phi) is 7.67. The van der Waals surface area contributed by atoms with Gasteiger partial charge in [0.1, 0.15) is 11.4 Å². The lowest BCUT2D eigenvalue weighted by molar-refractivity contribution is -0.0743. The van der Waals surface area contributed by atoms with E-state index in [4.69, 9.17) is 9.72 Å². The summed E-state index contributed by atoms with van der Waals surface area (Å²) in [6.45, 7) is 7.23. The Morgan fingerprint density at radius 2 is 1.55 bits per heavy atom. The summed E-state index contributed by atoms with van der Waals surface area (Å²) in [4.78, 5) is 43.4. The normalized spacial score (nSPS) is 18.4. The maximum atomic E-state index is 13.4. The first-order chi connectivity index (χ1) is 20.3. The third kappa shape index (κ3) is 5.24. The van der Waals surface area contributed by atoms with E-state index in [2.05, 4.69) is 32.3 Å². The topological polar surface area (TPSA) is 101 Å². The van der Waals surface area contributed by atoms with Crippen LogP contribution in [0.2, 0.25) is 0 Å². The van der Waals surface area contributed by atoms with E-state index in [-0.39, 0.29) is 11.8 Å². The van der Waals surface area contributed by atoms with Crippen LogP contribution >= 0.6 is 0 Å². The van der Waals surface area contributed by atoms with Gasteiger partial charge in [-0.05, 0) is 37.4 Å². The van der Waals surface area contributed by atoms with Crippen molar-refractivity contribution in [3.8, 4) is 5.75 Å². The third-order valence-electron chi connectivity index (χ3n) is 8.35. The summed E-state index contributed by atoms with van der Waals surface area (Å²) < 4.78 is 5.66. The monoisotopic (exact) mass is 571 g/mol. The van der Waals surface area contributed by atoms with Crippen molar-refractivity contribution < 1.29 is 14.3 Å². The zero-order valence-electron chi connectivity index (χ0n) is 24.6. The Balaban J connectivity index is 1.17. The predicted molar refractivity (Wildman–Crippen MR) is 162 cm³/mol. The summed E-state index contributed by atoms with van der Waals surface area (Å²) in [6.07, 6.45) is 1.64. The standard InChI is InChI=1S/C30H37N9O3/c1-34-11-15-38(16-12-34)39-17-13-37(14-18-39)28(40)21-9-10-23(26(19-21)42-4)32-30-31-20-25-27(33-30)35(2)24-8-6-5-7-22(24)29(41)36(25)3/h5-10,19-20H,11-18H2,1-4H3,(H,31,32,33). The number of methoxy groups -OCH3 is 1. The average Bonchev–Trinajstić information content (AvgIpc) is 3.10. The Labute approximate surface area is 246 Å². The third-order valence-corrected chi connectivity index (χ3v) is 8.35. The van der Waals surface area contributed by atoms with Gasteiger partial charge in [-0.1, -0.05) is 12.1 Å². The quantitative estimate of drug-likeness (QED) is 0.492. The number of piperazine rings is 2. The molecular weight excluding hydrogens is 534 g/mol. The molecule has 2 saturated heterocycles. The summed E-state index contributed by atoms with van der Waals surface area (Å²) in [7, 11) is 7.34. The molecule has 3 aliphatic heterocycles. The summed E-state index contributed by atoms with van der Waals surface area (Å²) in [5, 5.41) is 8.04. The van der Waals surface area contributed by atoms with E-state index in [1.165, 1.54) is 0 Å². The summed E-state index contributed by atoms with van der Waals surface area (Å²) in [6, 6.07) is 12.8. The number of ether oxygens (including phenoxy) is 1. The SMILES string of the molecule is COc1cc(C(=O)N2CCN(N3CCN(C)CC3)CC2)ccc1Nc1ncc2c(n1)N(C)c1ccccc1C(=O)N2C. The van der Waals surface area contributed by atoms with Crippen molar-refractivity contribution in [1.82, 2.24) is 29.8 Å². The molecule has 6 rings (SSSR count). The second-order valence-electron chi connectivity index (χ2n) is 10.9. The number of hydrogen-bond donors (Lipinski definition) is 1. The maximum Gasteiger partial charge on any atom is 0.260 e. The molecule has 1 N–H and O–H groups in total. The Hall–Kier alpha value is -4.26. The second-order valence-corrected chi connectivity index (χ2v) is 10.9. The van der Waals surface area contributed by atoms with Gasteiger partial charge in [-0.2, -0.15) is 4.98 Å². The summed E-state index contributed by atoms with van der Waals surface area (Å²) >= 11 is 0. The largest absolute Gasteiger partial charge is 0.495 e. The number of carbonyl (C=O) groups excluding carboxylic acids is 2. The Morgan fingerprint density at radius 3 is 2.26 bits per heavy atom. The van der Waals surface area contributed by atoms with Crippen LogP contribution in [0.1, 0.15) is 20.7 Å². The van der Waals surface area contributed by atoms with Crippen LogP contribution in [0.4, 0.5) is 28.8 Å². The number of benzene rings is 2. The van der Waals surface area contributed by atoms with Gasteiger partial charge in [-0.25, -0.2) is 15.0 Å². The Morgan fingerprint density at radius 1 is 0.857 bits per heavy atom. The average molecular weight is 572 g/mol. The minimum atomic E-state index is -0.122. The molecule has 2 amide bonds. The van der Waals surface area contributed by atoms with Gasteiger partial charge in [-0.15, -0.1) is 0 Å². The van der Waals surface area contributed by atoms with Crippen molar-refractivity contribution in [3.63, 3.8) is 0 Å². The van der Waals surface area contributed by atoms with E-state index in [0.717, 1.165) is 45.0 Å². The van der Waals surface area contributed by atoms with Gasteiger partial charge in [0, 0.05) is 72.0 Å². The van der Waals surface area contributed by atoms with Crippen molar-refractivity contribution in [3.05, 3.63) is 59.8 Å². The van der Waals surface area contributed by atoms with Crippen LogP contribution < -0.4 is 19.9 Å². The molecule has 42 heavy (non-hydrogen) atoms. The molecule has 0 atom stereocenters. The molecule has 0 saturated carbocycles. The number of likely N-dealkylation sites (N-methyl/N-ethyl adjacent to an activating group) is 1. The van der Waals surface area contributed by atoms with E-state index in [1.807, 2.05) is 47.2 Å². The summed E-state index contributed by atoms with van der Waals surface area (Å²) in [5.74, 6) is 1.32. The first-order valence-electron chi connectivity index (χ1n) is 14.2. The highest BCUT2D eigenvalue weighted by atomic mass is 16.5. The summed E-state index contributed by atoms with van der Waals surface area (Å²) in [5.41, 5.74) is 3.17. The smallest absolute Gasteiger partial charge is 0.260 e. The van der Waals surface area contributed by atoms with Gasteiger partial charge in [0.25, 0.3) is 11.8 Å². The molecule has 0 radical (unpaired) electrons. The van der Waals surface area contributed by atoms with E-state index >= 15 is 0 Å². The van der Waals surface area contributed by atoms with Crippen molar-refractivity contribution in [1.29, 1.82) is 0 Å². The predicted octanol–water partition coefficient (Wildman–Crippen LogP) is 2.51. The van der Waals surface area contributed by atoms with Crippen LogP contribution in [0, 0.1) is 0 Å². The second kappa shape index (κ2) is 11.6.